The molecule has 2 amide bonds. The number of methoxy groups -OCH3 is 1. The molecular formula is C21H26N2O3. The fourth-order valence-electron chi connectivity index (χ4n) is 2.65. The van der Waals surface area contributed by atoms with Crippen molar-refractivity contribution < 1.29 is 14.3 Å². The lowest BCUT2D eigenvalue weighted by molar-refractivity contribution is -0.148. The minimum Gasteiger partial charge on any atom is -0.497 e. The molecule has 2 aromatic carbocycles. The van der Waals surface area contributed by atoms with E-state index in [0.717, 1.165) is 16.9 Å². The topological polar surface area (TPSA) is 58.6 Å². The van der Waals surface area contributed by atoms with Crippen LogP contribution < -0.4 is 10.1 Å². The SMILES string of the molecule is COc1ccc(CNC(=O)C(C)(C)C(=O)N(C)Cc2ccccc2)cc1. The molecule has 0 fully saturated rings. The molecule has 5 heteroatoms. The normalized spacial score (nSPS) is 10.9. The van der Waals surface area contributed by atoms with Crippen LogP contribution in [0.2, 0.25) is 0 Å². The van der Waals surface area contributed by atoms with Crippen molar-refractivity contribution >= 4 is 11.8 Å². The van der Waals surface area contributed by atoms with Gasteiger partial charge in [-0.25, -0.2) is 0 Å². The summed E-state index contributed by atoms with van der Waals surface area (Å²) in [5.41, 5.74) is 0.827. The smallest absolute Gasteiger partial charge is 0.237 e. The summed E-state index contributed by atoms with van der Waals surface area (Å²) >= 11 is 0. The van der Waals surface area contributed by atoms with E-state index in [9.17, 15) is 9.59 Å². The molecule has 5 nitrogen and oxygen atoms in total. The van der Waals surface area contributed by atoms with Crippen LogP contribution in [0.5, 0.6) is 5.75 Å². The predicted octanol–water partition coefficient (Wildman–Crippen LogP) is 3.00. The number of nitrogens with one attached hydrogen (secondary N) is 1. The van der Waals surface area contributed by atoms with Crippen molar-refractivity contribution in [1.29, 1.82) is 0 Å². The third kappa shape index (κ3) is 4.85. The van der Waals surface area contributed by atoms with Gasteiger partial charge in [0.1, 0.15) is 11.2 Å². The highest BCUT2D eigenvalue weighted by Gasteiger charge is 2.37. The largest absolute Gasteiger partial charge is 0.497 e. The van der Waals surface area contributed by atoms with Gasteiger partial charge in [0.15, 0.2) is 0 Å². The molecule has 26 heavy (non-hydrogen) atoms. The van der Waals surface area contributed by atoms with Crippen molar-refractivity contribution in [3.8, 4) is 5.75 Å². The number of carbonyl (C=O) groups excluding carboxylic acids is 2. The summed E-state index contributed by atoms with van der Waals surface area (Å²) in [7, 11) is 3.32. The lowest BCUT2D eigenvalue weighted by Gasteiger charge is -2.28. The van der Waals surface area contributed by atoms with Crippen LogP contribution in [-0.4, -0.2) is 30.9 Å². The van der Waals surface area contributed by atoms with Gasteiger partial charge in [-0.15, -0.1) is 0 Å². The van der Waals surface area contributed by atoms with Crippen LogP contribution in [0.4, 0.5) is 0 Å². The minimum absolute atomic E-state index is 0.214. The summed E-state index contributed by atoms with van der Waals surface area (Å²) in [4.78, 5) is 26.9. The zero-order valence-electron chi connectivity index (χ0n) is 15.8. The molecular weight excluding hydrogens is 328 g/mol. The lowest BCUT2D eigenvalue weighted by atomic mass is 9.90. The molecule has 2 rings (SSSR count). The number of hydrogen-bond acceptors (Lipinski definition) is 3. The van der Waals surface area contributed by atoms with Crippen LogP contribution in [0.3, 0.4) is 0 Å². The highest BCUT2D eigenvalue weighted by Crippen LogP contribution is 2.20. The van der Waals surface area contributed by atoms with Crippen molar-refractivity contribution in [2.75, 3.05) is 14.2 Å². The Bertz CT molecular complexity index is 740. The average Bonchev–Trinajstić information content (AvgIpc) is 2.66. The van der Waals surface area contributed by atoms with E-state index in [1.54, 1.807) is 32.9 Å². The van der Waals surface area contributed by atoms with E-state index in [4.69, 9.17) is 4.74 Å². The number of benzene rings is 2. The second-order valence-corrected chi connectivity index (χ2v) is 6.80. The maximum absolute atomic E-state index is 12.8. The van der Waals surface area contributed by atoms with Crippen LogP contribution in [-0.2, 0) is 22.7 Å². The van der Waals surface area contributed by atoms with Crippen molar-refractivity contribution in [2.24, 2.45) is 5.41 Å². The molecule has 0 radical (unpaired) electrons. The molecule has 0 aliphatic heterocycles. The van der Waals surface area contributed by atoms with E-state index < -0.39 is 5.41 Å². The van der Waals surface area contributed by atoms with E-state index in [1.165, 1.54) is 0 Å². The Hall–Kier alpha value is -2.82. The van der Waals surface area contributed by atoms with Crippen LogP contribution in [0, 0.1) is 5.41 Å². The first-order valence-electron chi connectivity index (χ1n) is 8.55. The van der Waals surface area contributed by atoms with Gasteiger partial charge in [-0.05, 0) is 37.1 Å². The monoisotopic (exact) mass is 354 g/mol. The van der Waals surface area contributed by atoms with Gasteiger partial charge in [0.25, 0.3) is 0 Å². The molecule has 0 aromatic heterocycles. The number of amides is 2. The van der Waals surface area contributed by atoms with Gasteiger partial charge in [-0.3, -0.25) is 9.59 Å². The molecule has 138 valence electrons. The third-order valence-electron chi connectivity index (χ3n) is 4.32. The molecule has 0 spiro atoms. The number of nitrogens with zero attached hydrogens (tertiary/aromatic N) is 1. The molecule has 0 aliphatic carbocycles. The average molecular weight is 354 g/mol. The minimum atomic E-state index is -1.14. The molecule has 0 aliphatic rings. The molecule has 0 unspecified atom stereocenters. The number of ether oxygens (including phenoxy) is 1. The number of hydrogen-bond donors (Lipinski definition) is 1. The van der Waals surface area contributed by atoms with E-state index in [-0.39, 0.29) is 11.8 Å². The van der Waals surface area contributed by atoms with Gasteiger partial charge in [0, 0.05) is 20.1 Å². The number of rotatable bonds is 7. The molecule has 0 bridgehead atoms. The molecule has 0 heterocycles. The maximum Gasteiger partial charge on any atom is 0.237 e. The van der Waals surface area contributed by atoms with E-state index in [2.05, 4.69) is 5.32 Å². The molecule has 0 atom stereocenters. The zero-order chi connectivity index (χ0) is 19.2. The number of carbonyl (C=O) groups is 2. The van der Waals surface area contributed by atoms with Gasteiger partial charge in [0.2, 0.25) is 11.8 Å². The predicted molar refractivity (Wildman–Crippen MR) is 102 cm³/mol. The van der Waals surface area contributed by atoms with Crippen LogP contribution in [0.25, 0.3) is 0 Å². The van der Waals surface area contributed by atoms with E-state index in [1.807, 2.05) is 54.6 Å². The standard InChI is InChI=1S/C21H26N2O3/c1-21(2,20(25)23(3)15-17-8-6-5-7-9-17)19(24)22-14-16-10-12-18(26-4)13-11-16/h5-13H,14-15H2,1-4H3,(H,22,24). The molecule has 0 saturated heterocycles. The van der Waals surface area contributed by atoms with Crippen LogP contribution in [0.15, 0.2) is 54.6 Å². The Labute approximate surface area is 155 Å². The van der Waals surface area contributed by atoms with Crippen LogP contribution >= 0.6 is 0 Å². The Morgan fingerprint density at radius 3 is 2.19 bits per heavy atom. The Morgan fingerprint density at radius 1 is 1.00 bits per heavy atom. The molecule has 0 saturated carbocycles. The summed E-state index contributed by atoms with van der Waals surface area (Å²) in [6, 6.07) is 17.2. The maximum atomic E-state index is 12.8. The first-order chi connectivity index (χ1) is 12.3. The third-order valence-corrected chi connectivity index (χ3v) is 4.32. The Kier molecular flexibility index (Phi) is 6.39. The molecule has 2 aromatic rings. The Morgan fingerprint density at radius 2 is 1.62 bits per heavy atom. The summed E-state index contributed by atoms with van der Waals surface area (Å²) in [6.45, 7) is 4.14. The summed E-state index contributed by atoms with van der Waals surface area (Å²) in [5.74, 6) is 0.255. The summed E-state index contributed by atoms with van der Waals surface area (Å²) in [5, 5.41) is 2.85. The van der Waals surface area contributed by atoms with E-state index in [0.29, 0.717) is 13.1 Å². The highest BCUT2D eigenvalue weighted by molar-refractivity contribution is 6.04. The quantitative estimate of drug-likeness (QED) is 0.778. The second kappa shape index (κ2) is 8.52. The zero-order valence-corrected chi connectivity index (χ0v) is 15.8. The fraction of sp³-hybridized carbons (Fsp3) is 0.333. The van der Waals surface area contributed by atoms with Gasteiger partial charge in [-0.2, -0.15) is 0 Å². The first kappa shape index (κ1) is 19.5. The second-order valence-electron chi connectivity index (χ2n) is 6.80. The lowest BCUT2D eigenvalue weighted by Crippen LogP contribution is -2.48. The van der Waals surface area contributed by atoms with Gasteiger partial charge >= 0.3 is 0 Å². The van der Waals surface area contributed by atoms with Crippen molar-refractivity contribution in [3.05, 3.63) is 65.7 Å². The summed E-state index contributed by atoms with van der Waals surface area (Å²) < 4.78 is 5.12. The van der Waals surface area contributed by atoms with Gasteiger partial charge in [0.05, 0.1) is 7.11 Å². The van der Waals surface area contributed by atoms with Gasteiger partial charge in [-0.1, -0.05) is 42.5 Å². The van der Waals surface area contributed by atoms with Gasteiger partial charge < -0.3 is 15.0 Å². The van der Waals surface area contributed by atoms with Crippen molar-refractivity contribution in [2.45, 2.75) is 26.9 Å². The highest BCUT2D eigenvalue weighted by atomic mass is 16.5. The van der Waals surface area contributed by atoms with Crippen LogP contribution in [0.1, 0.15) is 25.0 Å². The summed E-state index contributed by atoms with van der Waals surface area (Å²) in [6.07, 6.45) is 0. The fourth-order valence-corrected chi connectivity index (χ4v) is 2.65. The Balaban J connectivity index is 1.95. The first-order valence-corrected chi connectivity index (χ1v) is 8.55. The molecule has 1 N–H and O–H groups in total. The van der Waals surface area contributed by atoms with Crippen molar-refractivity contribution in [3.63, 3.8) is 0 Å². The van der Waals surface area contributed by atoms with Crippen molar-refractivity contribution in [1.82, 2.24) is 10.2 Å². The van der Waals surface area contributed by atoms with E-state index >= 15 is 0 Å².